The van der Waals surface area contributed by atoms with Gasteiger partial charge in [0.2, 0.25) is 5.13 Å². The molecular formula is C10H9N3O2S. The van der Waals surface area contributed by atoms with Crippen LogP contribution in [0.15, 0.2) is 24.3 Å². The minimum Gasteiger partial charge on any atom is -0.426 e. The normalized spacial score (nSPS) is 10.1. The van der Waals surface area contributed by atoms with Crippen LogP contribution in [0.4, 0.5) is 5.13 Å². The summed E-state index contributed by atoms with van der Waals surface area (Å²) < 4.78 is 5.07. The Bertz CT molecular complexity index is 524. The predicted molar refractivity (Wildman–Crippen MR) is 61.1 cm³/mol. The molecule has 0 aliphatic carbocycles. The minimum absolute atomic E-state index is 0.370. The lowest BCUT2D eigenvalue weighted by atomic mass is 10.2. The first kappa shape index (κ1) is 10.6. The number of anilines is 1. The van der Waals surface area contributed by atoms with Gasteiger partial charge in [0.05, 0.1) is 5.56 Å². The first-order valence-corrected chi connectivity index (χ1v) is 5.35. The van der Waals surface area contributed by atoms with Crippen molar-refractivity contribution in [2.24, 2.45) is 0 Å². The zero-order valence-electron chi connectivity index (χ0n) is 8.51. The summed E-state index contributed by atoms with van der Waals surface area (Å²) in [6, 6.07) is 7.12. The van der Waals surface area contributed by atoms with Crippen LogP contribution in [0.3, 0.4) is 0 Å². The zero-order chi connectivity index (χ0) is 11.5. The molecule has 2 N–H and O–H groups in total. The average Bonchev–Trinajstić information content (AvgIpc) is 2.65. The highest BCUT2D eigenvalue weighted by Gasteiger charge is 2.11. The van der Waals surface area contributed by atoms with Gasteiger partial charge < -0.3 is 10.5 Å². The van der Waals surface area contributed by atoms with E-state index >= 15 is 0 Å². The second kappa shape index (κ2) is 4.28. The van der Waals surface area contributed by atoms with E-state index in [1.54, 1.807) is 18.2 Å². The van der Waals surface area contributed by atoms with Crippen LogP contribution in [0.25, 0.3) is 10.6 Å². The van der Waals surface area contributed by atoms with Crippen LogP contribution in [-0.2, 0) is 4.79 Å². The summed E-state index contributed by atoms with van der Waals surface area (Å²) in [7, 11) is 0. The number of nitrogens with two attached hydrogens (primary N) is 1. The molecule has 0 unspecified atom stereocenters. The van der Waals surface area contributed by atoms with Gasteiger partial charge in [0.15, 0.2) is 5.01 Å². The van der Waals surface area contributed by atoms with Crippen LogP contribution in [-0.4, -0.2) is 16.2 Å². The highest BCUT2D eigenvalue weighted by molar-refractivity contribution is 7.18. The summed E-state index contributed by atoms with van der Waals surface area (Å²) in [5.74, 6) is 0.0936. The topological polar surface area (TPSA) is 78.1 Å². The molecule has 0 saturated heterocycles. The van der Waals surface area contributed by atoms with Crippen molar-refractivity contribution in [3.05, 3.63) is 24.3 Å². The molecule has 0 amide bonds. The molecule has 2 aromatic rings. The monoisotopic (exact) mass is 235 g/mol. The number of carbonyl (C=O) groups is 1. The van der Waals surface area contributed by atoms with E-state index in [2.05, 4.69) is 10.2 Å². The molecular weight excluding hydrogens is 226 g/mol. The van der Waals surface area contributed by atoms with Gasteiger partial charge in [0.1, 0.15) is 5.75 Å². The Morgan fingerprint density at radius 1 is 1.38 bits per heavy atom. The van der Waals surface area contributed by atoms with Gasteiger partial charge in [-0.3, -0.25) is 4.79 Å². The van der Waals surface area contributed by atoms with Gasteiger partial charge in [-0.1, -0.05) is 23.5 Å². The number of para-hydroxylation sites is 1. The maximum absolute atomic E-state index is 10.9. The number of carbonyl (C=O) groups excluding carboxylic acids is 1. The summed E-state index contributed by atoms with van der Waals surface area (Å²) in [4.78, 5) is 10.9. The lowest BCUT2D eigenvalue weighted by molar-refractivity contribution is -0.131. The molecule has 1 aromatic heterocycles. The van der Waals surface area contributed by atoms with Crippen molar-refractivity contribution < 1.29 is 9.53 Å². The molecule has 1 aromatic carbocycles. The van der Waals surface area contributed by atoms with Gasteiger partial charge in [0, 0.05) is 6.92 Å². The van der Waals surface area contributed by atoms with Crippen molar-refractivity contribution in [3.63, 3.8) is 0 Å². The van der Waals surface area contributed by atoms with Crippen LogP contribution in [0.2, 0.25) is 0 Å². The van der Waals surface area contributed by atoms with Gasteiger partial charge in [-0.25, -0.2) is 0 Å². The van der Waals surface area contributed by atoms with Crippen molar-refractivity contribution >= 4 is 22.4 Å². The fourth-order valence-electron chi connectivity index (χ4n) is 1.23. The first-order chi connectivity index (χ1) is 7.66. The number of esters is 1. The highest BCUT2D eigenvalue weighted by atomic mass is 32.1. The third-order valence-electron chi connectivity index (χ3n) is 1.81. The van der Waals surface area contributed by atoms with Crippen LogP contribution in [0.1, 0.15) is 6.92 Å². The second-order valence-corrected chi connectivity index (χ2v) is 4.04. The van der Waals surface area contributed by atoms with E-state index in [0.29, 0.717) is 21.5 Å². The van der Waals surface area contributed by atoms with Crippen molar-refractivity contribution in [1.29, 1.82) is 0 Å². The zero-order valence-corrected chi connectivity index (χ0v) is 9.32. The Morgan fingerprint density at radius 3 is 2.75 bits per heavy atom. The molecule has 6 heteroatoms. The van der Waals surface area contributed by atoms with Crippen LogP contribution >= 0.6 is 11.3 Å². The lowest BCUT2D eigenvalue weighted by Gasteiger charge is -2.04. The summed E-state index contributed by atoms with van der Waals surface area (Å²) in [5.41, 5.74) is 6.22. The summed E-state index contributed by atoms with van der Waals surface area (Å²) in [6.07, 6.45) is 0. The molecule has 82 valence electrons. The quantitative estimate of drug-likeness (QED) is 0.633. The van der Waals surface area contributed by atoms with Crippen LogP contribution in [0.5, 0.6) is 5.75 Å². The number of ether oxygens (including phenoxy) is 1. The molecule has 0 radical (unpaired) electrons. The molecule has 2 rings (SSSR count). The first-order valence-electron chi connectivity index (χ1n) is 4.53. The van der Waals surface area contributed by atoms with E-state index in [9.17, 15) is 4.79 Å². The molecule has 0 aliphatic rings. The Hall–Kier alpha value is -1.95. The van der Waals surface area contributed by atoms with E-state index in [1.165, 1.54) is 18.3 Å². The standard InChI is InChI=1S/C10H9N3O2S/c1-6(14)15-8-5-3-2-4-7(8)9-12-13-10(11)16-9/h2-5H,1H3,(H2,11,13). The van der Waals surface area contributed by atoms with Gasteiger partial charge in [-0.15, -0.1) is 10.2 Å². The summed E-state index contributed by atoms with van der Waals surface area (Å²) in [5, 5.41) is 8.64. The SMILES string of the molecule is CC(=O)Oc1ccccc1-c1nnc(N)s1. The number of hydrogen-bond acceptors (Lipinski definition) is 6. The summed E-state index contributed by atoms with van der Waals surface area (Å²) in [6.45, 7) is 1.35. The van der Waals surface area contributed by atoms with E-state index in [-0.39, 0.29) is 5.97 Å². The third-order valence-corrected chi connectivity index (χ3v) is 2.60. The van der Waals surface area contributed by atoms with Crippen molar-refractivity contribution in [2.45, 2.75) is 6.92 Å². The fraction of sp³-hybridized carbons (Fsp3) is 0.100. The summed E-state index contributed by atoms with van der Waals surface area (Å²) >= 11 is 1.25. The van der Waals surface area contributed by atoms with E-state index in [1.807, 2.05) is 6.07 Å². The largest absolute Gasteiger partial charge is 0.426 e. The van der Waals surface area contributed by atoms with Crippen molar-refractivity contribution in [1.82, 2.24) is 10.2 Å². The average molecular weight is 235 g/mol. The molecule has 0 spiro atoms. The Labute approximate surface area is 95.9 Å². The fourth-order valence-corrected chi connectivity index (χ4v) is 1.87. The number of rotatable bonds is 2. The minimum atomic E-state index is -0.370. The molecule has 5 nitrogen and oxygen atoms in total. The smallest absolute Gasteiger partial charge is 0.308 e. The van der Waals surface area contributed by atoms with Gasteiger partial charge in [-0.2, -0.15) is 0 Å². The van der Waals surface area contributed by atoms with Gasteiger partial charge in [-0.05, 0) is 12.1 Å². The van der Waals surface area contributed by atoms with E-state index < -0.39 is 0 Å². The maximum atomic E-state index is 10.9. The molecule has 1 heterocycles. The Kier molecular flexibility index (Phi) is 2.82. The molecule has 0 bridgehead atoms. The van der Waals surface area contributed by atoms with Crippen molar-refractivity contribution in [3.8, 4) is 16.3 Å². The van der Waals surface area contributed by atoms with Crippen LogP contribution < -0.4 is 10.5 Å². The predicted octanol–water partition coefficient (Wildman–Crippen LogP) is 1.71. The van der Waals surface area contributed by atoms with Gasteiger partial charge in [0.25, 0.3) is 0 Å². The van der Waals surface area contributed by atoms with Gasteiger partial charge >= 0.3 is 5.97 Å². The number of aromatic nitrogens is 2. The third kappa shape index (κ3) is 2.17. The number of nitrogen functional groups attached to an aromatic ring is 1. The number of hydrogen-bond donors (Lipinski definition) is 1. The lowest BCUT2D eigenvalue weighted by Crippen LogP contribution is -2.02. The molecule has 0 aliphatic heterocycles. The highest BCUT2D eigenvalue weighted by Crippen LogP contribution is 2.32. The molecule has 0 atom stereocenters. The molecule has 16 heavy (non-hydrogen) atoms. The maximum Gasteiger partial charge on any atom is 0.308 e. The second-order valence-electron chi connectivity index (χ2n) is 3.04. The van der Waals surface area contributed by atoms with Crippen LogP contribution in [0, 0.1) is 0 Å². The number of nitrogens with zero attached hydrogens (tertiary/aromatic N) is 2. The number of benzene rings is 1. The Morgan fingerprint density at radius 2 is 2.12 bits per heavy atom. The Balaban J connectivity index is 2.43. The van der Waals surface area contributed by atoms with E-state index in [4.69, 9.17) is 10.5 Å². The molecule has 0 saturated carbocycles. The van der Waals surface area contributed by atoms with E-state index in [0.717, 1.165) is 0 Å². The molecule has 0 fully saturated rings. The van der Waals surface area contributed by atoms with Crippen molar-refractivity contribution in [2.75, 3.05) is 5.73 Å².